The highest BCUT2D eigenvalue weighted by atomic mass is 19.1. The van der Waals surface area contributed by atoms with Crippen molar-refractivity contribution in [2.45, 2.75) is 6.92 Å². The zero-order valence-corrected chi connectivity index (χ0v) is 17.9. The molecule has 8 nitrogen and oxygen atoms in total. The van der Waals surface area contributed by atoms with Crippen LogP contribution in [-0.2, 0) is 4.79 Å². The minimum Gasteiger partial charge on any atom is -0.421 e. The van der Waals surface area contributed by atoms with Crippen LogP contribution in [0.2, 0.25) is 0 Å². The van der Waals surface area contributed by atoms with Gasteiger partial charge in [-0.25, -0.2) is 28.7 Å². The summed E-state index contributed by atoms with van der Waals surface area (Å²) in [5, 5.41) is 2.37. The van der Waals surface area contributed by atoms with Crippen LogP contribution in [0.4, 0.5) is 20.3 Å². The van der Waals surface area contributed by atoms with E-state index in [9.17, 15) is 13.6 Å². The van der Waals surface area contributed by atoms with E-state index in [1.165, 1.54) is 24.7 Å². The molecule has 0 atom stereocenters. The Kier molecular flexibility index (Phi) is 6.22. The molecule has 1 amide bonds. The summed E-state index contributed by atoms with van der Waals surface area (Å²) in [6.07, 6.45) is 2.81. The van der Waals surface area contributed by atoms with Crippen molar-refractivity contribution in [1.82, 2.24) is 19.9 Å². The second kappa shape index (κ2) is 9.41. The maximum Gasteiger partial charge on any atom is 0.322 e. The second-order valence-electron chi connectivity index (χ2n) is 7.15. The number of anilines is 2. The molecular formula is C24H18F2N6O2. The number of benzene rings is 2. The number of halogens is 2. The van der Waals surface area contributed by atoms with Crippen LogP contribution in [0, 0.1) is 12.7 Å². The third-order valence-electron chi connectivity index (χ3n) is 4.73. The molecule has 0 bridgehead atoms. The van der Waals surface area contributed by atoms with Crippen LogP contribution < -0.4 is 15.8 Å². The predicted molar refractivity (Wildman–Crippen MR) is 123 cm³/mol. The molecular weight excluding hydrogens is 442 g/mol. The number of ether oxygens (including phenoxy) is 1. The number of aryl methyl sites for hydroxylation is 1. The largest absolute Gasteiger partial charge is 0.421 e. The summed E-state index contributed by atoms with van der Waals surface area (Å²) < 4.78 is 33.3. The SMILES string of the molecule is C=C(F)C(=O)Nc1ccc(-c2ncnc(N)c2-c2ccc(Oc3nccc(C)n3)c(F)c2)cc1. The fraction of sp³-hybridized carbons (Fsp3) is 0.0417. The van der Waals surface area contributed by atoms with Gasteiger partial charge in [-0.15, -0.1) is 0 Å². The van der Waals surface area contributed by atoms with Crippen LogP contribution in [0.25, 0.3) is 22.4 Å². The number of amides is 1. The minimum atomic E-state index is -1.10. The van der Waals surface area contributed by atoms with Gasteiger partial charge in [-0.1, -0.05) is 24.8 Å². The van der Waals surface area contributed by atoms with E-state index in [4.69, 9.17) is 10.5 Å². The number of carbonyl (C=O) groups is 1. The van der Waals surface area contributed by atoms with E-state index in [2.05, 4.69) is 31.8 Å². The molecule has 10 heteroatoms. The lowest BCUT2D eigenvalue weighted by molar-refractivity contribution is -0.114. The van der Waals surface area contributed by atoms with Gasteiger partial charge in [0.15, 0.2) is 17.4 Å². The van der Waals surface area contributed by atoms with Crippen molar-refractivity contribution in [1.29, 1.82) is 0 Å². The Labute approximate surface area is 193 Å². The Morgan fingerprint density at radius 2 is 1.79 bits per heavy atom. The number of nitrogens with zero attached hydrogens (tertiary/aromatic N) is 4. The molecule has 0 saturated heterocycles. The topological polar surface area (TPSA) is 116 Å². The highest BCUT2D eigenvalue weighted by Crippen LogP contribution is 2.36. The number of carbonyl (C=O) groups excluding carboxylic acids is 1. The quantitative estimate of drug-likeness (QED) is 0.395. The van der Waals surface area contributed by atoms with Crippen molar-refractivity contribution in [2.24, 2.45) is 0 Å². The van der Waals surface area contributed by atoms with Gasteiger partial charge in [-0.3, -0.25) is 4.79 Å². The molecule has 3 N–H and O–H groups in total. The van der Waals surface area contributed by atoms with Gasteiger partial charge >= 0.3 is 6.01 Å². The summed E-state index contributed by atoms with van der Waals surface area (Å²) in [5.41, 5.74) is 9.06. The summed E-state index contributed by atoms with van der Waals surface area (Å²) >= 11 is 0. The zero-order valence-electron chi connectivity index (χ0n) is 17.9. The monoisotopic (exact) mass is 460 g/mol. The first-order valence-electron chi connectivity index (χ1n) is 9.96. The summed E-state index contributed by atoms with van der Waals surface area (Å²) in [5.74, 6) is -2.60. The van der Waals surface area contributed by atoms with Crippen LogP contribution >= 0.6 is 0 Å². The van der Waals surface area contributed by atoms with Crippen LogP contribution in [0.3, 0.4) is 0 Å². The molecule has 0 aliphatic heterocycles. The first kappa shape index (κ1) is 22.5. The summed E-state index contributed by atoms with van der Waals surface area (Å²) in [4.78, 5) is 27.9. The average molecular weight is 460 g/mol. The number of hydrogen-bond donors (Lipinski definition) is 2. The number of hydrogen-bond acceptors (Lipinski definition) is 7. The van der Waals surface area contributed by atoms with Gasteiger partial charge in [-0.05, 0) is 42.8 Å². The van der Waals surface area contributed by atoms with Crippen LogP contribution in [0.15, 0.2) is 73.5 Å². The number of aromatic nitrogens is 4. The molecule has 0 saturated carbocycles. The lowest BCUT2D eigenvalue weighted by Gasteiger charge is -2.13. The van der Waals surface area contributed by atoms with Crippen molar-refractivity contribution in [2.75, 3.05) is 11.1 Å². The molecule has 34 heavy (non-hydrogen) atoms. The summed E-state index contributed by atoms with van der Waals surface area (Å²) in [6, 6.07) is 12.5. The molecule has 170 valence electrons. The maximum atomic E-state index is 14.9. The Bertz CT molecular complexity index is 1390. The third-order valence-corrected chi connectivity index (χ3v) is 4.73. The van der Waals surface area contributed by atoms with Gasteiger partial charge in [0.1, 0.15) is 12.1 Å². The zero-order chi connectivity index (χ0) is 24.2. The highest BCUT2D eigenvalue weighted by molar-refractivity contribution is 6.01. The average Bonchev–Trinajstić information content (AvgIpc) is 2.81. The van der Waals surface area contributed by atoms with E-state index in [0.29, 0.717) is 33.8 Å². The molecule has 2 heterocycles. The molecule has 0 aliphatic carbocycles. The Morgan fingerprint density at radius 3 is 2.47 bits per heavy atom. The molecule has 0 aliphatic rings. The molecule has 0 unspecified atom stereocenters. The van der Waals surface area contributed by atoms with Crippen molar-refractivity contribution in [3.05, 3.63) is 85.0 Å². The van der Waals surface area contributed by atoms with Crippen molar-refractivity contribution in [3.8, 4) is 34.1 Å². The summed E-state index contributed by atoms with van der Waals surface area (Å²) in [7, 11) is 0. The normalized spacial score (nSPS) is 10.6. The van der Waals surface area contributed by atoms with Gasteiger partial charge in [-0.2, -0.15) is 0 Å². The van der Waals surface area contributed by atoms with Crippen LogP contribution in [0.1, 0.15) is 5.69 Å². The molecule has 0 radical (unpaired) electrons. The Hall–Kier alpha value is -4.73. The second-order valence-corrected chi connectivity index (χ2v) is 7.15. The smallest absolute Gasteiger partial charge is 0.322 e. The van der Waals surface area contributed by atoms with Crippen molar-refractivity contribution in [3.63, 3.8) is 0 Å². The standard InChI is InChI=1S/C24H18F2N6O2/c1-13-9-10-28-24(31-13)34-19-8-5-16(11-18(19)26)20-21(29-12-30-22(20)27)15-3-6-17(7-4-15)32-23(33)14(2)25/h3-12H,2H2,1H3,(H,32,33)(H2,27,29,30). The molecule has 0 spiro atoms. The summed E-state index contributed by atoms with van der Waals surface area (Å²) in [6.45, 7) is 4.73. The predicted octanol–water partition coefficient (Wildman–Crippen LogP) is 4.84. The Balaban J connectivity index is 1.66. The third kappa shape index (κ3) is 4.85. The Morgan fingerprint density at radius 1 is 1.06 bits per heavy atom. The van der Waals surface area contributed by atoms with Gasteiger partial charge in [0.05, 0.1) is 11.3 Å². The number of nitrogens with one attached hydrogen (secondary N) is 1. The fourth-order valence-corrected chi connectivity index (χ4v) is 3.13. The first-order chi connectivity index (χ1) is 16.3. The van der Waals surface area contributed by atoms with Gasteiger partial charge in [0, 0.05) is 23.1 Å². The van der Waals surface area contributed by atoms with E-state index in [1.54, 1.807) is 43.3 Å². The molecule has 2 aromatic heterocycles. The van der Waals surface area contributed by atoms with Gasteiger partial charge in [0.2, 0.25) is 0 Å². The minimum absolute atomic E-state index is 0.0263. The molecule has 2 aromatic carbocycles. The lowest BCUT2D eigenvalue weighted by Crippen LogP contribution is -2.10. The van der Waals surface area contributed by atoms with Crippen LogP contribution in [0.5, 0.6) is 11.8 Å². The van der Waals surface area contributed by atoms with Gasteiger partial charge in [0.25, 0.3) is 5.91 Å². The first-order valence-corrected chi connectivity index (χ1v) is 9.96. The van der Waals surface area contributed by atoms with E-state index >= 15 is 0 Å². The van der Waals surface area contributed by atoms with E-state index in [-0.39, 0.29) is 17.6 Å². The van der Waals surface area contributed by atoms with Crippen LogP contribution in [-0.4, -0.2) is 25.8 Å². The lowest BCUT2D eigenvalue weighted by atomic mass is 9.99. The molecule has 4 rings (SSSR count). The van der Waals surface area contributed by atoms with E-state index < -0.39 is 17.6 Å². The van der Waals surface area contributed by atoms with Crippen molar-refractivity contribution < 1.29 is 18.3 Å². The van der Waals surface area contributed by atoms with E-state index in [0.717, 1.165) is 0 Å². The highest BCUT2D eigenvalue weighted by Gasteiger charge is 2.17. The van der Waals surface area contributed by atoms with E-state index in [1.807, 2.05) is 0 Å². The van der Waals surface area contributed by atoms with Crippen molar-refractivity contribution >= 4 is 17.4 Å². The number of nitrogen functional groups attached to an aromatic ring is 1. The number of nitrogens with two attached hydrogens (primary N) is 1. The van der Waals surface area contributed by atoms with Gasteiger partial charge < -0.3 is 15.8 Å². The fourth-order valence-electron chi connectivity index (χ4n) is 3.13. The maximum absolute atomic E-state index is 14.9. The molecule has 0 fully saturated rings. The number of rotatable bonds is 6. The molecule has 4 aromatic rings.